The molecule has 1 aliphatic rings. The van der Waals surface area contributed by atoms with Crippen molar-refractivity contribution in [3.05, 3.63) is 23.5 Å². The van der Waals surface area contributed by atoms with Gasteiger partial charge < -0.3 is 15.0 Å². The Morgan fingerprint density at radius 3 is 2.96 bits per heavy atom. The summed E-state index contributed by atoms with van der Waals surface area (Å²) in [5.74, 6) is 0.945. The van der Waals surface area contributed by atoms with Gasteiger partial charge in [0, 0.05) is 24.4 Å². The SMILES string of the molecule is Cc1nnc(-c2cc(O[C@H](C)[C@H]3CNC(=O)C3)c3nc[nH]c3c2)s1. The van der Waals surface area contributed by atoms with E-state index < -0.39 is 0 Å². The zero-order valence-electron chi connectivity index (χ0n) is 13.4. The number of nitrogens with zero attached hydrogens (tertiary/aromatic N) is 3. The lowest BCUT2D eigenvalue weighted by atomic mass is 10.0. The van der Waals surface area contributed by atoms with E-state index in [-0.39, 0.29) is 17.9 Å². The minimum Gasteiger partial charge on any atom is -0.488 e. The van der Waals surface area contributed by atoms with Crippen molar-refractivity contribution in [1.29, 1.82) is 0 Å². The minimum atomic E-state index is -0.0877. The quantitative estimate of drug-likeness (QED) is 0.758. The first kappa shape index (κ1) is 15.1. The summed E-state index contributed by atoms with van der Waals surface area (Å²) in [7, 11) is 0. The molecule has 124 valence electrons. The first-order valence-corrected chi connectivity index (χ1v) is 8.63. The maximum atomic E-state index is 11.4. The number of benzene rings is 1. The van der Waals surface area contributed by atoms with E-state index >= 15 is 0 Å². The van der Waals surface area contributed by atoms with E-state index in [9.17, 15) is 4.79 Å². The van der Waals surface area contributed by atoms with Crippen LogP contribution in [0.15, 0.2) is 18.5 Å². The van der Waals surface area contributed by atoms with E-state index in [0.29, 0.717) is 18.7 Å². The summed E-state index contributed by atoms with van der Waals surface area (Å²) in [4.78, 5) is 18.9. The smallest absolute Gasteiger partial charge is 0.220 e. The molecule has 4 rings (SSSR count). The molecule has 0 radical (unpaired) electrons. The molecule has 3 heterocycles. The minimum absolute atomic E-state index is 0.0819. The number of nitrogens with one attached hydrogen (secondary N) is 2. The molecule has 24 heavy (non-hydrogen) atoms. The lowest BCUT2D eigenvalue weighted by molar-refractivity contribution is -0.119. The largest absolute Gasteiger partial charge is 0.488 e. The summed E-state index contributed by atoms with van der Waals surface area (Å²) in [6.07, 6.45) is 2.06. The Kier molecular flexibility index (Phi) is 3.68. The van der Waals surface area contributed by atoms with Crippen LogP contribution in [0.5, 0.6) is 5.75 Å². The van der Waals surface area contributed by atoms with Crippen LogP contribution in [0, 0.1) is 12.8 Å². The Morgan fingerprint density at radius 2 is 2.25 bits per heavy atom. The van der Waals surface area contributed by atoms with Crippen LogP contribution in [0.25, 0.3) is 21.6 Å². The van der Waals surface area contributed by atoms with Crippen LogP contribution in [0.2, 0.25) is 0 Å². The van der Waals surface area contributed by atoms with Gasteiger partial charge in [0.15, 0.2) is 0 Å². The maximum absolute atomic E-state index is 11.4. The number of hydrogen-bond donors (Lipinski definition) is 2. The summed E-state index contributed by atoms with van der Waals surface area (Å²) in [5, 5.41) is 12.9. The van der Waals surface area contributed by atoms with Crippen LogP contribution in [-0.4, -0.2) is 38.7 Å². The average Bonchev–Trinajstić information content (AvgIpc) is 3.27. The number of aromatic amines is 1. The summed E-state index contributed by atoms with van der Waals surface area (Å²) in [6.45, 7) is 4.57. The number of aryl methyl sites for hydroxylation is 1. The number of H-pyrrole nitrogens is 1. The first-order valence-electron chi connectivity index (χ1n) is 7.81. The van der Waals surface area contributed by atoms with E-state index in [1.807, 2.05) is 26.0 Å². The highest BCUT2D eigenvalue weighted by atomic mass is 32.1. The fourth-order valence-electron chi connectivity index (χ4n) is 2.90. The molecule has 2 aromatic heterocycles. The molecule has 0 saturated carbocycles. The van der Waals surface area contributed by atoms with Crippen LogP contribution in [0.1, 0.15) is 18.4 Å². The highest BCUT2D eigenvalue weighted by Gasteiger charge is 2.28. The number of amides is 1. The van der Waals surface area contributed by atoms with Gasteiger partial charge in [-0.25, -0.2) is 4.98 Å². The third-order valence-corrected chi connectivity index (χ3v) is 5.14. The highest BCUT2D eigenvalue weighted by molar-refractivity contribution is 7.14. The van der Waals surface area contributed by atoms with E-state index in [0.717, 1.165) is 26.6 Å². The predicted octanol–water partition coefficient (Wildman–Crippen LogP) is 2.29. The molecule has 1 fully saturated rings. The van der Waals surface area contributed by atoms with Gasteiger partial charge in [0.05, 0.1) is 11.8 Å². The monoisotopic (exact) mass is 343 g/mol. The number of fused-ring (bicyclic) bond motifs is 1. The molecule has 2 N–H and O–H groups in total. The van der Waals surface area contributed by atoms with E-state index in [2.05, 4.69) is 25.5 Å². The maximum Gasteiger partial charge on any atom is 0.220 e. The normalized spacial score (nSPS) is 18.8. The van der Waals surface area contributed by atoms with Gasteiger partial charge in [-0.15, -0.1) is 10.2 Å². The number of hydrogen-bond acceptors (Lipinski definition) is 6. The summed E-state index contributed by atoms with van der Waals surface area (Å²) in [6, 6.07) is 3.95. The molecule has 1 aliphatic heterocycles. The zero-order chi connectivity index (χ0) is 16.7. The Balaban J connectivity index is 1.68. The van der Waals surface area contributed by atoms with Gasteiger partial charge in [0.2, 0.25) is 5.91 Å². The van der Waals surface area contributed by atoms with Gasteiger partial charge in [0.1, 0.15) is 27.4 Å². The van der Waals surface area contributed by atoms with Crippen molar-refractivity contribution in [1.82, 2.24) is 25.5 Å². The molecule has 0 aliphatic carbocycles. The number of aromatic nitrogens is 4. The second-order valence-electron chi connectivity index (χ2n) is 5.99. The van der Waals surface area contributed by atoms with Gasteiger partial charge in [-0.3, -0.25) is 4.79 Å². The second-order valence-corrected chi connectivity index (χ2v) is 7.17. The number of carbonyl (C=O) groups excluding carboxylic acids is 1. The van der Waals surface area contributed by atoms with Crippen LogP contribution >= 0.6 is 11.3 Å². The molecule has 1 aromatic carbocycles. The van der Waals surface area contributed by atoms with Crippen molar-refractivity contribution in [3.63, 3.8) is 0 Å². The second kappa shape index (κ2) is 5.86. The number of rotatable bonds is 4. The molecule has 3 aromatic rings. The Bertz CT molecular complexity index is 903. The number of carbonyl (C=O) groups is 1. The first-order chi connectivity index (χ1) is 11.6. The van der Waals surface area contributed by atoms with Gasteiger partial charge in [0.25, 0.3) is 0 Å². The summed E-state index contributed by atoms with van der Waals surface area (Å²) < 4.78 is 6.17. The topological polar surface area (TPSA) is 92.8 Å². The van der Waals surface area contributed by atoms with Crippen molar-refractivity contribution < 1.29 is 9.53 Å². The van der Waals surface area contributed by atoms with Gasteiger partial charge in [-0.05, 0) is 26.0 Å². The molecule has 2 atom stereocenters. The van der Waals surface area contributed by atoms with E-state index in [1.165, 1.54) is 11.3 Å². The zero-order valence-corrected chi connectivity index (χ0v) is 14.2. The molecular formula is C16H17N5O2S. The lowest BCUT2D eigenvalue weighted by Crippen LogP contribution is -2.25. The van der Waals surface area contributed by atoms with Crippen LogP contribution in [-0.2, 0) is 4.79 Å². The van der Waals surface area contributed by atoms with Crippen LogP contribution < -0.4 is 10.1 Å². The van der Waals surface area contributed by atoms with Crippen molar-refractivity contribution >= 4 is 28.3 Å². The highest BCUT2D eigenvalue weighted by Crippen LogP contribution is 2.33. The van der Waals surface area contributed by atoms with Crippen molar-refractivity contribution in [2.24, 2.45) is 5.92 Å². The van der Waals surface area contributed by atoms with Crippen molar-refractivity contribution in [3.8, 4) is 16.3 Å². The molecule has 1 saturated heterocycles. The standard InChI is InChI=1S/C16H17N5O2S/c1-8(11-5-14(22)17-6-11)23-13-4-10(16-21-20-9(2)24-16)3-12-15(13)19-7-18-12/h3-4,7-8,11H,5-6H2,1-2H3,(H,17,22)(H,18,19)/t8-,11-/m1/s1. The Hall–Kier alpha value is -2.48. The van der Waals surface area contributed by atoms with Crippen molar-refractivity contribution in [2.75, 3.05) is 6.54 Å². The van der Waals surface area contributed by atoms with Gasteiger partial charge in [-0.2, -0.15) is 0 Å². The fourth-order valence-corrected chi connectivity index (χ4v) is 3.58. The van der Waals surface area contributed by atoms with Gasteiger partial charge in [-0.1, -0.05) is 11.3 Å². The summed E-state index contributed by atoms with van der Waals surface area (Å²) >= 11 is 1.54. The molecule has 7 nitrogen and oxygen atoms in total. The lowest BCUT2D eigenvalue weighted by Gasteiger charge is -2.20. The Labute approximate surface area is 142 Å². The molecule has 8 heteroatoms. The molecule has 0 unspecified atom stereocenters. The van der Waals surface area contributed by atoms with E-state index in [4.69, 9.17) is 4.74 Å². The summed E-state index contributed by atoms with van der Waals surface area (Å²) in [5.41, 5.74) is 2.62. The van der Waals surface area contributed by atoms with Crippen LogP contribution in [0.3, 0.4) is 0 Å². The third-order valence-electron chi connectivity index (χ3n) is 4.25. The number of imidazole rings is 1. The molecular weight excluding hydrogens is 326 g/mol. The molecule has 0 spiro atoms. The fraction of sp³-hybridized carbons (Fsp3) is 0.375. The number of ether oxygens (including phenoxy) is 1. The predicted molar refractivity (Wildman–Crippen MR) is 90.9 cm³/mol. The third kappa shape index (κ3) is 2.73. The average molecular weight is 343 g/mol. The molecule has 0 bridgehead atoms. The molecule has 1 amide bonds. The van der Waals surface area contributed by atoms with Crippen molar-refractivity contribution in [2.45, 2.75) is 26.4 Å². The van der Waals surface area contributed by atoms with E-state index in [1.54, 1.807) is 6.33 Å². The Morgan fingerprint density at radius 1 is 1.38 bits per heavy atom. The van der Waals surface area contributed by atoms with Crippen LogP contribution in [0.4, 0.5) is 0 Å². The van der Waals surface area contributed by atoms with Gasteiger partial charge >= 0.3 is 0 Å².